The van der Waals surface area contributed by atoms with Gasteiger partial charge in [-0.3, -0.25) is 10.1 Å². The number of aryl methyl sites for hydroxylation is 1. The molecule has 0 heterocycles. The van der Waals surface area contributed by atoms with E-state index < -0.39 is 23.1 Å². The third-order valence-electron chi connectivity index (χ3n) is 6.49. The monoisotopic (exact) mass is 373 g/mol. The molecule has 1 amide bonds. The van der Waals surface area contributed by atoms with Crippen molar-refractivity contribution < 1.29 is 19.4 Å². The summed E-state index contributed by atoms with van der Waals surface area (Å²) in [5, 5.41) is 12.7. The van der Waals surface area contributed by atoms with Crippen LogP contribution in [0.4, 0.5) is 10.5 Å². The number of benzene rings is 1. The van der Waals surface area contributed by atoms with E-state index in [-0.39, 0.29) is 11.3 Å². The first-order valence-corrected chi connectivity index (χ1v) is 9.82. The van der Waals surface area contributed by atoms with Gasteiger partial charge in [0.05, 0.1) is 5.41 Å². The Morgan fingerprint density at radius 1 is 1.22 bits per heavy atom. The number of anilines is 1. The maximum Gasteiger partial charge on any atom is 0.412 e. The predicted molar refractivity (Wildman–Crippen MR) is 105 cm³/mol. The van der Waals surface area contributed by atoms with Crippen molar-refractivity contribution in [2.24, 2.45) is 11.3 Å². The van der Waals surface area contributed by atoms with Gasteiger partial charge in [0.15, 0.2) is 0 Å². The summed E-state index contributed by atoms with van der Waals surface area (Å²) in [5.41, 5.74) is 1.71. The molecule has 0 bridgehead atoms. The lowest BCUT2D eigenvalue weighted by Crippen LogP contribution is -2.52. The van der Waals surface area contributed by atoms with Gasteiger partial charge in [-0.25, -0.2) is 4.79 Å². The van der Waals surface area contributed by atoms with Gasteiger partial charge in [0.2, 0.25) is 0 Å². The molecule has 3 atom stereocenters. The van der Waals surface area contributed by atoms with Crippen LogP contribution in [0, 0.1) is 11.3 Å². The summed E-state index contributed by atoms with van der Waals surface area (Å²) in [7, 11) is 0. The number of carbonyl (C=O) groups excluding carboxylic acids is 1. The lowest BCUT2D eigenvalue weighted by molar-refractivity contribution is -0.157. The molecule has 1 saturated carbocycles. The fraction of sp³-hybridized carbons (Fsp3) is 0.636. The van der Waals surface area contributed by atoms with Crippen LogP contribution in [0.25, 0.3) is 0 Å². The lowest BCUT2D eigenvalue weighted by atomic mass is 9.50. The summed E-state index contributed by atoms with van der Waals surface area (Å²) in [6.45, 7) is 9.61. The number of fused-ring (bicyclic) bond motifs is 3. The molecule has 1 aromatic carbocycles. The molecule has 3 rings (SSSR count). The number of rotatable bonds is 2. The number of carbonyl (C=O) groups is 2. The summed E-state index contributed by atoms with van der Waals surface area (Å²) in [4.78, 5) is 24.2. The molecule has 2 aliphatic carbocycles. The highest BCUT2D eigenvalue weighted by molar-refractivity contribution is 5.85. The molecule has 0 saturated heterocycles. The second-order valence-electron chi connectivity index (χ2n) is 9.58. The van der Waals surface area contributed by atoms with Gasteiger partial charge in [0, 0.05) is 5.69 Å². The topological polar surface area (TPSA) is 75.6 Å². The van der Waals surface area contributed by atoms with E-state index in [0.29, 0.717) is 5.69 Å². The summed E-state index contributed by atoms with van der Waals surface area (Å²) < 4.78 is 5.35. The zero-order chi connectivity index (χ0) is 20.0. The van der Waals surface area contributed by atoms with Gasteiger partial charge in [-0.05, 0) is 88.0 Å². The molecule has 0 aliphatic heterocycles. The van der Waals surface area contributed by atoms with Crippen molar-refractivity contribution in [3.63, 3.8) is 0 Å². The van der Waals surface area contributed by atoms with E-state index in [9.17, 15) is 14.7 Å². The Morgan fingerprint density at radius 3 is 2.56 bits per heavy atom. The fourth-order valence-electron chi connectivity index (χ4n) is 5.22. The van der Waals surface area contributed by atoms with Crippen LogP contribution in [0.5, 0.6) is 0 Å². The molecule has 1 aromatic rings. The quantitative estimate of drug-likeness (QED) is 0.754. The highest BCUT2D eigenvalue weighted by atomic mass is 16.6. The second kappa shape index (κ2) is 6.54. The minimum Gasteiger partial charge on any atom is -0.481 e. The summed E-state index contributed by atoms with van der Waals surface area (Å²) in [5.74, 6) is -0.592. The molecule has 0 unspecified atom stereocenters. The highest BCUT2D eigenvalue weighted by Gasteiger charge is 2.55. The van der Waals surface area contributed by atoms with Crippen LogP contribution < -0.4 is 5.32 Å². The maximum atomic E-state index is 12.1. The van der Waals surface area contributed by atoms with E-state index in [2.05, 4.69) is 18.3 Å². The van der Waals surface area contributed by atoms with E-state index in [0.717, 1.165) is 32.1 Å². The van der Waals surface area contributed by atoms with Gasteiger partial charge in [0.25, 0.3) is 0 Å². The largest absolute Gasteiger partial charge is 0.481 e. The minimum absolute atomic E-state index is 0.0977. The van der Waals surface area contributed by atoms with E-state index in [4.69, 9.17) is 4.74 Å². The average Bonchev–Trinajstić information content (AvgIpc) is 2.53. The molecule has 2 N–H and O–H groups in total. The molecule has 148 valence electrons. The molecule has 1 fully saturated rings. The predicted octanol–water partition coefficient (Wildman–Crippen LogP) is 5.13. The first-order valence-electron chi connectivity index (χ1n) is 9.82. The van der Waals surface area contributed by atoms with E-state index in [1.165, 1.54) is 11.1 Å². The molecule has 0 aromatic heterocycles. The number of hydrogen-bond donors (Lipinski definition) is 2. The van der Waals surface area contributed by atoms with E-state index in [1.54, 1.807) is 0 Å². The first-order chi connectivity index (χ1) is 12.5. The maximum absolute atomic E-state index is 12.1. The number of aliphatic carboxylic acids is 1. The Balaban J connectivity index is 1.93. The first kappa shape index (κ1) is 19.7. The van der Waals surface area contributed by atoms with Crippen molar-refractivity contribution in [3.8, 4) is 0 Å². The Hall–Kier alpha value is -2.04. The van der Waals surface area contributed by atoms with Gasteiger partial charge in [-0.1, -0.05) is 19.4 Å². The van der Waals surface area contributed by atoms with Crippen molar-refractivity contribution in [1.82, 2.24) is 0 Å². The zero-order valence-corrected chi connectivity index (χ0v) is 17.0. The van der Waals surface area contributed by atoms with Gasteiger partial charge in [-0.15, -0.1) is 0 Å². The molecule has 5 nitrogen and oxygen atoms in total. The van der Waals surface area contributed by atoms with E-state index >= 15 is 0 Å². The highest BCUT2D eigenvalue weighted by Crippen LogP contribution is 2.57. The van der Waals surface area contributed by atoms with Crippen molar-refractivity contribution >= 4 is 17.7 Å². The van der Waals surface area contributed by atoms with E-state index in [1.807, 2.05) is 39.8 Å². The summed E-state index contributed by atoms with van der Waals surface area (Å²) >= 11 is 0. The molecular weight excluding hydrogens is 342 g/mol. The van der Waals surface area contributed by atoms with Crippen molar-refractivity contribution in [1.29, 1.82) is 0 Å². The van der Waals surface area contributed by atoms with Crippen LogP contribution >= 0.6 is 0 Å². The Bertz CT molecular complexity index is 766. The minimum atomic E-state index is -0.695. The number of amides is 1. The molecule has 27 heavy (non-hydrogen) atoms. The number of hydrogen-bond acceptors (Lipinski definition) is 3. The number of ether oxygens (including phenoxy) is 1. The van der Waals surface area contributed by atoms with Crippen LogP contribution in [-0.2, 0) is 21.4 Å². The van der Waals surface area contributed by atoms with Crippen LogP contribution in [0.2, 0.25) is 0 Å². The fourth-order valence-corrected chi connectivity index (χ4v) is 5.22. The Labute approximate surface area is 161 Å². The Kier molecular flexibility index (Phi) is 4.77. The lowest BCUT2D eigenvalue weighted by Gasteiger charge is -2.53. The standard InChI is InChI=1S/C22H31NO4/c1-20(2,3)27-19(26)23-15-9-7-14-8-10-17-21(4,16(14)13-15)11-6-12-22(17,5)18(24)25/h7,9,13,17H,6,8,10-12H2,1-5H3,(H,23,26)(H,24,25)/t17-,21-,22+/m1/s1. The van der Waals surface area contributed by atoms with Crippen molar-refractivity contribution in [3.05, 3.63) is 29.3 Å². The van der Waals surface area contributed by atoms with Crippen LogP contribution in [-0.4, -0.2) is 22.8 Å². The number of carboxylic acid groups (broad SMARTS) is 1. The molecule has 2 aliphatic rings. The van der Waals surface area contributed by atoms with Gasteiger partial charge < -0.3 is 9.84 Å². The molecule has 5 heteroatoms. The van der Waals surface area contributed by atoms with Crippen molar-refractivity contribution in [2.75, 3.05) is 5.32 Å². The van der Waals surface area contributed by atoms with Crippen molar-refractivity contribution in [2.45, 2.75) is 77.7 Å². The Morgan fingerprint density at radius 2 is 1.93 bits per heavy atom. The molecule has 0 spiro atoms. The van der Waals surface area contributed by atoms with Gasteiger partial charge in [-0.2, -0.15) is 0 Å². The third kappa shape index (κ3) is 3.56. The van der Waals surface area contributed by atoms with Gasteiger partial charge in [0.1, 0.15) is 5.60 Å². The normalized spacial score (nSPS) is 30.0. The molecular formula is C22H31NO4. The average molecular weight is 373 g/mol. The third-order valence-corrected chi connectivity index (χ3v) is 6.49. The molecule has 0 radical (unpaired) electrons. The summed E-state index contributed by atoms with van der Waals surface area (Å²) in [6, 6.07) is 6.00. The summed E-state index contributed by atoms with van der Waals surface area (Å²) in [6.07, 6.45) is 3.91. The zero-order valence-electron chi connectivity index (χ0n) is 17.0. The smallest absolute Gasteiger partial charge is 0.412 e. The second-order valence-corrected chi connectivity index (χ2v) is 9.58. The van der Waals surface area contributed by atoms with Gasteiger partial charge >= 0.3 is 12.1 Å². The van der Waals surface area contributed by atoms with Crippen LogP contribution in [0.15, 0.2) is 18.2 Å². The number of carboxylic acids is 1. The number of nitrogens with one attached hydrogen (secondary N) is 1. The SMILES string of the molecule is CC(C)(C)OC(=O)Nc1ccc2c(c1)[C@@]1(C)CCC[C@](C)(C(=O)O)[C@@H]1CC2. The van der Waals surface area contributed by atoms with Crippen LogP contribution in [0.1, 0.15) is 71.4 Å². The van der Waals surface area contributed by atoms with Crippen LogP contribution in [0.3, 0.4) is 0 Å².